The number of alkyl halides is 3. The summed E-state index contributed by atoms with van der Waals surface area (Å²) in [6.45, 7) is 0.551. The second kappa shape index (κ2) is 9.48. The summed E-state index contributed by atoms with van der Waals surface area (Å²) in [5.41, 5.74) is 9.56. The van der Waals surface area contributed by atoms with Crippen LogP contribution in [0.1, 0.15) is 17.2 Å². The summed E-state index contributed by atoms with van der Waals surface area (Å²) in [4.78, 5) is 6.21. The molecule has 0 aliphatic carbocycles. The molecule has 34 heavy (non-hydrogen) atoms. The van der Waals surface area contributed by atoms with Gasteiger partial charge in [-0.05, 0) is 61.1 Å². The van der Waals surface area contributed by atoms with E-state index in [0.717, 1.165) is 39.9 Å². The minimum absolute atomic E-state index is 0.288. The van der Waals surface area contributed by atoms with Gasteiger partial charge >= 0.3 is 6.18 Å². The van der Waals surface area contributed by atoms with E-state index in [1.807, 2.05) is 43.4 Å². The van der Waals surface area contributed by atoms with E-state index in [2.05, 4.69) is 10.1 Å². The fourth-order valence-electron chi connectivity index (χ4n) is 3.87. The van der Waals surface area contributed by atoms with E-state index >= 15 is 0 Å². The fraction of sp³-hybridized carbons (Fsp3) is 0.200. The van der Waals surface area contributed by atoms with Gasteiger partial charge in [0.2, 0.25) is 0 Å². The van der Waals surface area contributed by atoms with Gasteiger partial charge in [0.25, 0.3) is 0 Å². The lowest BCUT2D eigenvalue weighted by Crippen LogP contribution is -2.26. The topological polar surface area (TPSA) is 60.0 Å². The van der Waals surface area contributed by atoms with Gasteiger partial charge in [-0.15, -0.1) is 0 Å². The van der Waals surface area contributed by atoms with Crippen LogP contribution < -0.4 is 5.73 Å². The normalized spacial score (nSPS) is 12.8. The third-order valence-corrected chi connectivity index (χ3v) is 5.76. The van der Waals surface area contributed by atoms with Crippen LogP contribution in [-0.4, -0.2) is 40.3 Å². The zero-order valence-corrected chi connectivity index (χ0v) is 19.3. The molecule has 1 atom stereocenters. The Morgan fingerprint density at radius 2 is 1.68 bits per heavy atom. The maximum absolute atomic E-state index is 13.0. The van der Waals surface area contributed by atoms with Crippen molar-refractivity contribution >= 4 is 17.4 Å². The second-order valence-electron chi connectivity index (χ2n) is 8.23. The molecule has 176 valence electrons. The monoisotopic (exact) mass is 485 g/mol. The molecule has 0 unspecified atom stereocenters. The molecule has 0 radical (unpaired) electrons. The first-order valence-corrected chi connectivity index (χ1v) is 10.9. The van der Waals surface area contributed by atoms with Crippen LogP contribution in [0.2, 0.25) is 5.02 Å². The zero-order valence-electron chi connectivity index (χ0n) is 18.6. The number of rotatable bonds is 6. The van der Waals surface area contributed by atoms with E-state index in [1.54, 1.807) is 29.2 Å². The molecular weight excluding hydrogens is 463 g/mol. The van der Waals surface area contributed by atoms with E-state index in [4.69, 9.17) is 17.3 Å². The van der Waals surface area contributed by atoms with E-state index in [9.17, 15) is 13.2 Å². The summed E-state index contributed by atoms with van der Waals surface area (Å²) < 4.78 is 40.9. The number of pyridine rings is 1. The number of nitrogen functional groups attached to an aromatic ring is 1. The average molecular weight is 486 g/mol. The standard InChI is InChI=1S/C25H23ClF3N5/c1-33(2)15-22(16-3-7-19(8-4-16)25(27,28)29)34-14-18(13-32-34)21-11-12-31-24(30)23(21)17-5-9-20(26)10-6-17/h3-14,22H,15H2,1-2H3,(H2,30,31)/t22-/m0/s1. The van der Waals surface area contributed by atoms with Gasteiger partial charge in [0, 0.05) is 35.1 Å². The van der Waals surface area contributed by atoms with E-state index in [1.165, 1.54) is 12.1 Å². The van der Waals surface area contributed by atoms with Crippen molar-refractivity contribution in [2.45, 2.75) is 12.2 Å². The first-order valence-electron chi connectivity index (χ1n) is 10.5. The number of anilines is 1. The summed E-state index contributed by atoms with van der Waals surface area (Å²) in [6, 6.07) is 14.1. The molecule has 0 fully saturated rings. The molecule has 2 aromatic heterocycles. The minimum atomic E-state index is -4.38. The molecule has 0 saturated heterocycles. The summed E-state index contributed by atoms with van der Waals surface area (Å²) >= 11 is 6.04. The SMILES string of the molecule is CN(C)C[C@@H](c1ccc(C(F)(F)F)cc1)n1cc(-c2ccnc(N)c2-c2ccc(Cl)cc2)cn1. The molecule has 0 amide bonds. The Balaban J connectivity index is 1.74. The quantitative estimate of drug-likeness (QED) is 0.363. The Morgan fingerprint density at radius 3 is 2.29 bits per heavy atom. The Bertz CT molecular complexity index is 1270. The van der Waals surface area contributed by atoms with Gasteiger partial charge in [-0.25, -0.2) is 4.98 Å². The number of aromatic nitrogens is 3. The van der Waals surface area contributed by atoms with Crippen molar-refractivity contribution in [2.24, 2.45) is 0 Å². The molecule has 0 spiro atoms. The van der Waals surface area contributed by atoms with Crippen LogP contribution in [0.15, 0.2) is 73.2 Å². The number of hydrogen-bond acceptors (Lipinski definition) is 4. The highest BCUT2D eigenvalue weighted by Gasteiger charge is 2.30. The lowest BCUT2D eigenvalue weighted by atomic mass is 9.97. The molecule has 4 aromatic rings. The van der Waals surface area contributed by atoms with Crippen molar-refractivity contribution in [1.29, 1.82) is 0 Å². The predicted molar refractivity (Wildman–Crippen MR) is 128 cm³/mol. The Morgan fingerprint density at radius 1 is 1.00 bits per heavy atom. The molecule has 4 rings (SSSR count). The molecule has 0 saturated carbocycles. The summed E-state index contributed by atoms with van der Waals surface area (Å²) in [6.07, 6.45) is 0.851. The van der Waals surface area contributed by atoms with Crippen LogP contribution in [0.25, 0.3) is 22.3 Å². The molecule has 2 N–H and O–H groups in total. The molecule has 0 aliphatic heterocycles. The third-order valence-electron chi connectivity index (χ3n) is 5.51. The zero-order chi connectivity index (χ0) is 24.5. The van der Waals surface area contributed by atoms with Crippen LogP contribution in [0.3, 0.4) is 0 Å². The third kappa shape index (κ3) is 5.08. The van der Waals surface area contributed by atoms with Gasteiger partial charge in [-0.3, -0.25) is 4.68 Å². The lowest BCUT2D eigenvalue weighted by Gasteiger charge is -2.22. The number of likely N-dealkylation sites (N-methyl/N-ethyl adjacent to an activating group) is 1. The average Bonchev–Trinajstić information content (AvgIpc) is 3.27. The van der Waals surface area contributed by atoms with Crippen LogP contribution in [-0.2, 0) is 6.18 Å². The highest BCUT2D eigenvalue weighted by atomic mass is 35.5. The maximum Gasteiger partial charge on any atom is 0.416 e. The summed E-state index contributed by atoms with van der Waals surface area (Å²) in [5.74, 6) is 0.375. The van der Waals surface area contributed by atoms with Gasteiger partial charge in [-0.2, -0.15) is 18.3 Å². The molecular formula is C25H23ClF3N5. The summed E-state index contributed by atoms with van der Waals surface area (Å²) in [7, 11) is 3.81. The van der Waals surface area contributed by atoms with Crippen LogP contribution >= 0.6 is 11.6 Å². The largest absolute Gasteiger partial charge is 0.416 e. The van der Waals surface area contributed by atoms with Gasteiger partial charge in [0.15, 0.2) is 0 Å². The van der Waals surface area contributed by atoms with Crippen molar-refractivity contribution < 1.29 is 13.2 Å². The van der Waals surface area contributed by atoms with Crippen molar-refractivity contribution in [2.75, 3.05) is 26.4 Å². The number of nitrogens with two attached hydrogens (primary N) is 1. The molecule has 0 aliphatic rings. The Kier molecular flexibility index (Phi) is 6.63. The van der Waals surface area contributed by atoms with Gasteiger partial charge in [-0.1, -0.05) is 35.9 Å². The molecule has 9 heteroatoms. The van der Waals surface area contributed by atoms with Gasteiger partial charge in [0.1, 0.15) is 5.82 Å². The van der Waals surface area contributed by atoms with E-state index in [-0.39, 0.29) is 6.04 Å². The molecule has 0 bridgehead atoms. The predicted octanol–water partition coefficient (Wildman–Crippen LogP) is 6.02. The van der Waals surface area contributed by atoms with Gasteiger partial charge < -0.3 is 10.6 Å². The molecule has 5 nitrogen and oxygen atoms in total. The van der Waals surface area contributed by atoms with Crippen molar-refractivity contribution in [3.8, 4) is 22.3 Å². The van der Waals surface area contributed by atoms with E-state index < -0.39 is 11.7 Å². The summed E-state index contributed by atoms with van der Waals surface area (Å²) in [5, 5.41) is 5.17. The van der Waals surface area contributed by atoms with Crippen molar-refractivity contribution in [1.82, 2.24) is 19.7 Å². The molecule has 2 heterocycles. The number of benzene rings is 2. The Labute approximate surface area is 200 Å². The smallest absolute Gasteiger partial charge is 0.383 e. The number of nitrogens with zero attached hydrogens (tertiary/aromatic N) is 4. The number of hydrogen-bond donors (Lipinski definition) is 1. The van der Waals surface area contributed by atoms with Crippen molar-refractivity contribution in [3.05, 3.63) is 89.3 Å². The maximum atomic E-state index is 13.0. The first kappa shape index (κ1) is 23.8. The first-order chi connectivity index (χ1) is 16.1. The van der Waals surface area contributed by atoms with Gasteiger partial charge in [0.05, 0.1) is 17.8 Å². The Hall–Kier alpha value is -3.36. The van der Waals surface area contributed by atoms with Crippen LogP contribution in [0.4, 0.5) is 19.0 Å². The highest BCUT2D eigenvalue weighted by molar-refractivity contribution is 6.30. The van der Waals surface area contributed by atoms with Crippen LogP contribution in [0.5, 0.6) is 0 Å². The fourth-order valence-corrected chi connectivity index (χ4v) is 3.99. The minimum Gasteiger partial charge on any atom is -0.383 e. The van der Waals surface area contributed by atoms with E-state index in [0.29, 0.717) is 17.4 Å². The highest BCUT2D eigenvalue weighted by Crippen LogP contribution is 2.36. The lowest BCUT2D eigenvalue weighted by molar-refractivity contribution is -0.137. The van der Waals surface area contributed by atoms with Crippen molar-refractivity contribution in [3.63, 3.8) is 0 Å². The van der Waals surface area contributed by atoms with Crippen LogP contribution in [0, 0.1) is 0 Å². The number of halogens is 4. The second-order valence-corrected chi connectivity index (χ2v) is 8.67. The molecule has 2 aromatic carbocycles.